The van der Waals surface area contributed by atoms with E-state index < -0.39 is 0 Å². The summed E-state index contributed by atoms with van der Waals surface area (Å²) in [5, 5.41) is 8.20. The van der Waals surface area contributed by atoms with Crippen molar-refractivity contribution in [1.29, 1.82) is 0 Å². The zero-order valence-corrected chi connectivity index (χ0v) is 13.3. The van der Waals surface area contributed by atoms with E-state index in [0.29, 0.717) is 11.7 Å². The van der Waals surface area contributed by atoms with Crippen molar-refractivity contribution in [3.63, 3.8) is 0 Å². The number of hydrogen-bond donors (Lipinski definition) is 1. The molecule has 3 rings (SSSR count). The molecular weight excluding hydrogens is 300 g/mol. The Morgan fingerprint density at radius 3 is 2.73 bits per heavy atom. The lowest BCUT2D eigenvalue weighted by atomic mass is 10.2. The topological polar surface area (TPSA) is 51.5 Å². The number of methoxy groups -OCH3 is 1. The number of hydrogen-bond acceptors (Lipinski definition) is 4. The van der Waals surface area contributed by atoms with Gasteiger partial charge in [-0.2, -0.15) is 9.61 Å². The monoisotopic (exact) mass is 316 g/mol. The summed E-state index contributed by atoms with van der Waals surface area (Å²) in [5.74, 6) is 1.67. The third-order valence-corrected chi connectivity index (χ3v) is 3.72. The van der Waals surface area contributed by atoms with E-state index in [1.54, 1.807) is 17.7 Å². The van der Waals surface area contributed by atoms with Gasteiger partial charge in [-0.05, 0) is 24.1 Å². The molecule has 0 atom stereocenters. The molecule has 114 valence electrons. The van der Waals surface area contributed by atoms with Gasteiger partial charge in [0.15, 0.2) is 5.65 Å². The highest BCUT2D eigenvalue weighted by molar-refractivity contribution is 6.29. The van der Waals surface area contributed by atoms with Crippen LogP contribution in [0.15, 0.2) is 36.5 Å². The molecule has 6 heteroatoms. The smallest absolute Gasteiger partial charge is 0.162 e. The van der Waals surface area contributed by atoms with Crippen molar-refractivity contribution in [2.45, 2.75) is 19.9 Å². The van der Waals surface area contributed by atoms with Gasteiger partial charge < -0.3 is 10.1 Å². The summed E-state index contributed by atoms with van der Waals surface area (Å²) in [6.45, 7) is 2.74. The van der Waals surface area contributed by atoms with Crippen molar-refractivity contribution in [2.24, 2.45) is 0 Å². The molecule has 0 amide bonds. The minimum absolute atomic E-state index is 0.458. The van der Waals surface area contributed by atoms with Crippen LogP contribution < -0.4 is 10.1 Å². The second-order valence-corrected chi connectivity index (χ2v) is 5.31. The van der Waals surface area contributed by atoms with Crippen LogP contribution in [-0.4, -0.2) is 21.7 Å². The average Bonchev–Trinajstić information content (AvgIpc) is 2.96. The van der Waals surface area contributed by atoms with Gasteiger partial charge in [0.25, 0.3) is 0 Å². The summed E-state index contributed by atoms with van der Waals surface area (Å²) >= 11 is 6.12. The van der Waals surface area contributed by atoms with Gasteiger partial charge in [0.2, 0.25) is 0 Å². The largest absolute Gasteiger partial charge is 0.497 e. The van der Waals surface area contributed by atoms with Crippen molar-refractivity contribution >= 4 is 23.1 Å². The van der Waals surface area contributed by atoms with Crippen LogP contribution in [0.1, 0.15) is 18.1 Å². The predicted molar refractivity (Wildman–Crippen MR) is 87.7 cm³/mol. The maximum absolute atomic E-state index is 6.12. The quantitative estimate of drug-likeness (QED) is 0.731. The van der Waals surface area contributed by atoms with Crippen LogP contribution in [0.3, 0.4) is 0 Å². The summed E-state index contributed by atoms with van der Waals surface area (Å²) < 4.78 is 6.95. The summed E-state index contributed by atoms with van der Waals surface area (Å²) in [5.41, 5.74) is 3.02. The van der Waals surface area contributed by atoms with Crippen LogP contribution in [0.25, 0.3) is 5.65 Å². The van der Waals surface area contributed by atoms with Crippen LogP contribution in [0.4, 0.5) is 5.82 Å². The molecule has 2 aromatic heterocycles. The van der Waals surface area contributed by atoms with Gasteiger partial charge in [-0.1, -0.05) is 30.7 Å². The number of rotatable bonds is 5. The van der Waals surface area contributed by atoms with Crippen molar-refractivity contribution in [3.05, 3.63) is 52.8 Å². The average molecular weight is 317 g/mol. The van der Waals surface area contributed by atoms with E-state index in [0.717, 1.165) is 34.8 Å². The van der Waals surface area contributed by atoms with E-state index in [9.17, 15) is 0 Å². The second-order valence-electron chi connectivity index (χ2n) is 4.92. The summed E-state index contributed by atoms with van der Waals surface area (Å²) in [7, 11) is 1.66. The Hall–Kier alpha value is -2.27. The first kappa shape index (κ1) is 14.7. The fourth-order valence-corrected chi connectivity index (χ4v) is 2.47. The minimum atomic E-state index is 0.458. The molecule has 0 saturated carbocycles. The van der Waals surface area contributed by atoms with Crippen molar-refractivity contribution in [3.8, 4) is 5.75 Å². The molecule has 2 heterocycles. The maximum Gasteiger partial charge on any atom is 0.162 e. The third-order valence-electron chi connectivity index (χ3n) is 3.53. The van der Waals surface area contributed by atoms with Crippen molar-refractivity contribution in [2.75, 3.05) is 12.4 Å². The molecule has 3 aromatic rings. The molecule has 5 nitrogen and oxygen atoms in total. The number of nitrogens with zero attached hydrogens (tertiary/aromatic N) is 3. The molecule has 0 aliphatic heterocycles. The number of fused-ring (bicyclic) bond motifs is 1. The van der Waals surface area contributed by atoms with E-state index in [4.69, 9.17) is 16.3 Å². The highest BCUT2D eigenvalue weighted by Gasteiger charge is 2.09. The zero-order chi connectivity index (χ0) is 15.5. The molecule has 0 bridgehead atoms. The van der Waals surface area contributed by atoms with Crippen molar-refractivity contribution < 1.29 is 4.74 Å². The minimum Gasteiger partial charge on any atom is -0.497 e. The Morgan fingerprint density at radius 1 is 1.27 bits per heavy atom. The zero-order valence-electron chi connectivity index (χ0n) is 12.5. The summed E-state index contributed by atoms with van der Waals surface area (Å²) in [6, 6.07) is 9.70. The Balaban J connectivity index is 1.85. The van der Waals surface area contributed by atoms with E-state index in [-0.39, 0.29) is 0 Å². The molecule has 0 aliphatic carbocycles. The Bertz CT molecular complexity index is 783. The van der Waals surface area contributed by atoms with Gasteiger partial charge in [-0.15, -0.1) is 0 Å². The predicted octanol–water partition coefficient (Wildman–Crippen LogP) is 3.57. The molecule has 0 fully saturated rings. The van der Waals surface area contributed by atoms with Crippen LogP contribution in [-0.2, 0) is 13.0 Å². The summed E-state index contributed by atoms with van der Waals surface area (Å²) in [4.78, 5) is 4.35. The summed E-state index contributed by atoms with van der Waals surface area (Å²) in [6.07, 6.45) is 2.70. The highest BCUT2D eigenvalue weighted by Crippen LogP contribution is 2.20. The van der Waals surface area contributed by atoms with E-state index >= 15 is 0 Å². The second kappa shape index (κ2) is 6.23. The number of aromatic nitrogens is 3. The number of ether oxygens (including phenoxy) is 1. The number of halogens is 1. The van der Waals surface area contributed by atoms with E-state index in [1.165, 1.54) is 0 Å². The fourth-order valence-electron chi connectivity index (χ4n) is 2.29. The number of anilines is 1. The lowest BCUT2D eigenvalue weighted by Crippen LogP contribution is -2.06. The Labute approximate surface area is 133 Å². The lowest BCUT2D eigenvalue weighted by molar-refractivity contribution is 0.414. The first-order valence-corrected chi connectivity index (χ1v) is 7.49. The van der Waals surface area contributed by atoms with Gasteiger partial charge in [0.05, 0.1) is 13.3 Å². The molecule has 0 spiro atoms. The van der Waals surface area contributed by atoms with Crippen LogP contribution in [0.2, 0.25) is 5.15 Å². The number of aryl methyl sites for hydroxylation is 1. The molecule has 0 aliphatic rings. The van der Waals surface area contributed by atoms with Crippen LogP contribution in [0.5, 0.6) is 5.75 Å². The standard InChI is InChI=1S/C16H17ClN4O/c1-3-12-10-19-21-15(8-14(17)20-16(12)21)18-9-11-4-6-13(22-2)7-5-11/h4-8,10,18H,3,9H2,1-2H3. The van der Waals surface area contributed by atoms with Crippen LogP contribution in [0, 0.1) is 0 Å². The highest BCUT2D eigenvalue weighted by atomic mass is 35.5. The molecule has 22 heavy (non-hydrogen) atoms. The fraction of sp³-hybridized carbons (Fsp3) is 0.250. The first-order valence-electron chi connectivity index (χ1n) is 7.11. The van der Waals surface area contributed by atoms with Gasteiger partial charge in [-0.3, -0.25) is 0 Å². The van der Waals surface area contributed by atoms with E-state index in [2.05, 4.69) is 22.3 Å². The normalized spacial score (nSPS) is 10.9. The maximum atomic E-state index is 6.12. The van der Waals surface area contributed by atoms with Crippen molar-refractivity contribution in [1.82, 2.24) is 14.6 Å². The van der Waals surface area contributed by atoms with E-state index in [1.807, 2.05) is 30.5 Å². The van der Waals surface area contributed by atoms with Crippen LogP contribution >= 0.6 is 11.6 Å². The molecule has 0 radical (unpaired) electrons. The Morgan fingerprint density at radius 2 is 2.05 bits per heavy atom. The molecule has 1 aromatic carbocycles. The molecule has 0 saturated heterocycles. The van der Waals surface area contributed by atoms with Gasteiger partial charge in [0.1, 0.15) is 16.7 Å². The number of nitrogens with one attached hydrogen (secondary N) is 1. The Kier molecular flexibility index (Phi) is 4.15. The number of benzene rings is 1. The molecule has 0 unspecified atom stereocenters. The molecule has 1 N–H and O–H groups in total. The SMILES string of the molecule is CCc1cnn2c(NCc3ccc(OC)cc3)cc(Cl)nc12. The van der Waals surface area contributed by atoms with Gasteiger partial charge in [-0.25, -0.2) is 4.98 Å². The third kappa shape index (κ3) is 2.85. The lowest BCUT2D eigenvalue weighted by Gasteiger charge is -2.09. The molecular formula is C16H17ClN4O. The van der Waals surface area contributed by atoms with Gasteiger partial charge >= 0.3 is 0 Å². The first-order chi connectivity index (χ1) is 10.7. The van der Waals surface area contributed by atoms with Gasteiger partial charge in [0, 0.05) is 18.2 Å².